The third kappa shape index (κ3) is 1.89. The maximum Gasteiger partial charge on any atom is 0.206 e. The Morgan fingerprint density at radius 1 is 1.35 bits per heavy atom. The molecule has 1 aromatic carbocycles. The van der Waals surface area contributed by atoms with Gasteiger partial charge in [0.2, 0.25) is 5.78 Å². The summed E-state index contributed by atoms with van der Waals surface area (Å²) in [5.41, 5.74) is 3.93. The number of oxazole rings is 1. The molecule has 3 nitrogen and oxygen atoms in total. The molecule has 2 aromatic rings. The quantitative estimate of drug-likeness (QED) is 0.744. The van der Waals surface area contributed by atoms with Crippen LogP contribution in [0.25, 0.3) is 11.3 Å². The Balaban J connectivity index is 2.04. The molecule has 23 heavy (non-hydrogen) atoms. The summed E-state index contributed by atoms with van der Waals surface area (Å²) in [5.74, 6) is 1.90. The minimum atomic E-state index is -0.387. The van der Waals surface area contributed by atoms with Crippen LogP contribution in [-0.4, -0.2) is 10.8 Å². The van der Waals surface area contributed by atoms with Gasteiger partial charge in [-0.3, -0.25) is 4.79 Å². The molecule has 2 aliphatic rings. The summed E-state index contributed by atoms with van der Waals surface area (Å²) in [5, 5.41) is 0. The zero-order chi connectivity index (χ0) is 16.4. The van der Waals surface area contributed by atoms with E-state index in [1.54, 1.807) is 0 Å². The van der Waals surface area contributed by atoms with E-state index >= 15 is 0 Å². The SMILES string of the molecule is Cc1ccc2c(c1)[C@H]1[C@@H](C(C)C)CC[C@@]1(C)C(=O)c1ocnc1-2. The van der Waals surface area contributed by atoms with Crippen LogP contribution in [0.1, 0.15) is 61.2 Å². The van der Waals surface area contributed by atoms with E-state index in [1.807, 2.05) is 0 Å². The molecule has 0 unspecified atom stereocenters. The van der Waals surface area contributed by atoms with Crippen LogP contribution < -0.4 is 0 Å². The van der Waals surface area contributed by atoms with Gasteiger partial charge < -0.3 is 4.42 Å². The fourth-order valence-electron chi connectivity index (χ4n) is 4.82. The first-order valence-electron chi connectivity index (χ1n) is 8.52. The first-order chi connectivity index (χ1) is 10.9. The lowest BCUT2D eigenvalue weighted by Crippen LogP contribution is -2.32. The van der Waals surface area contributed by atoms with Crippen molar-refractivity contribution in [2.45, 2.75) is 46.5 Å². The number of carbonyl (C=O) groups is 1. The number of benzene rings is 1. The van der Waals surface area contributed by atoms with Gasteiger partial charge in [0, 0.05) is 16.9 Å². The van der Waals surface area contributed by atoms with E-state index in [-0.39, 0.29) is 17.1 Å². The van der Waals surface area contributed by atoms with Gasteiger partial charge in [-0.2, -0.15) is 0 Å². The Morgan fingerprint density at radius 3 is 2.87 bits per heavy atom. The van der Waals surface area contributed by atoms with Crippen molar-refractivity contribution in [1.82, 2.24) is 4.98 Å². The van der Waals surface area contributed by atoms with Gasteiger partial charge in [-0.1, -0.05) is 44.5 Å². The van der Waals surface area contributed by atoms with Crippen molar-refractivity contribution < 1.29 is 9.21 Å². The molecule has 1 heterocycles. The zero-order valence-corrected chi connectivity index (χ0v) is 14.2. The number of aromatic nitrogens is 1. The summed E-state index contributed by atoms with van der Waals surface area (Å²) in [6.45, 7) is 8.80. The van der Waals surface area contributed by atoms with E-state index < -0.39 is 0 Å². The van der Waals surface area contributed by atoms with Crippen molar-refractivity contribution in [3.8, 4) is 11.3 Å². The fourth-order valence-corrected chi connectivity index (χ4v) is 4.82. The first kappa shape index (κ1) is 14.7. The molecule has 1 fully saturated rings. The molecule has 3 heteroatoms. The largest absolute Gasteiger partial charge is 0.440 e. The van der Waals surface area contributed by atoms with Gasteiger partial charge in [-0.05, 0) is 37.2 Å². The normalized spacial score (nSPS) is 29.2. The smallest absolute Gasteiger partial charge is 0.206 e. The van der Waals surface area contributed by atoms with Crippen LogP contribution >= 0.6 is 0 Å². The molecule has 4 rings (SSSR count). The Morgan fingerprint density at radius 2 is 2.13 bits per heavy atom. The van der Waals surface area contributed by atoms with Crippen LogP contribution in [0.5, 0.6) is 0 Å². The predicted octanol–water partition coefficient (Wildman–Crippen LogP) is 5.00. The minimum Gasteiger partial charge on any atom is -0.440 e. The second kappa shape index (κ2) is 4.80. The van der Waals surface area contributed by atoms with Crippen LogP contribution in [0, 0.1) is 24.2 Å². The van der Waals surface area contributed by atoms with Crippen molar-refractivity contribution in [1.29, 1.82) is 0 Å². The van der Waals surface area contributed by atoms with E-state index in [0.29, 0.717) is 17.6 Å². The molecule has 120 valence electrons. The van der Waals surface area contributed by atoms with Crippen LogP contribution in [-0.2, 0) is 0 Å². The Hall–Kier alpha value is -1.90. The molecule has 0 saturated heterocycles. The van der Waals surface area contributed by atoms with Gasteiger partial charge in [-0.25, -0.2) is 4.98 Å². The molecule has 0 spiro atoms. The summed E-state index contributed by atoms with van der Waals surface area (Å²) in [4.78, 5) is 17.7. The summed E-state index contributed by atoms with van der Waals surface area (Å²) < 4.78 is 5.54. The second-order valence-corrected chi connectivity index (χ2v) is 7.79. The summed E-state index contributed by atoms with van der Waals surface area (Å²) in [7, 11) is 0. The number of fused-ring (bicyclic) bond motifs is 5. The summed E-state index contributed by atoms with van der Waals surface area (Å²) in [6.07, 6.45) is 3.43. The van der Waals surface area contributed by atoms with Crippen molar-refractivity contribution in [3.05, 3.63) is 41.5 Å². The van der Waals surface area contributed by atoms with Gasteiger partial charge in [0.15, 0.2) is 12.2 Å². The predicted molar refractivity (Wildman–Crippen MR) is 89.4 cm³/mol. The third-order valence-corrected chi connectivity index (χ3v) is 6.06. The van der Waals surface area contributed by atoms with Crippen LogP contribution in [0.4, 0.5) is 0 Å². The number of carbonyl (C=O) groups excluding carboxylic acids is 1. The summed E-state index contributed by atoms with van der Waals surface area (Å²) in [6, 6.07) is 6.47. The number of aryl methyl sites for hydroxylation is 1. The van der Waals surface area contributed by atoms with Gasteiger partial charge in [0.05, 0.1) is 0 Å². The van der Waals surface area contributed by atoms with E-state index in [2.05, 4.69) is 50.9 Å². The average Bonchev–Trinajstić information content (AvgIpc) is 3.10. The van der Waals surface area contributed by atoms with Crippen LogP contribution in [0.2, 0.25) is 0 Å². The summed E-state index contributed by atoms with van der Waals surface area (Å²) >= 11 is 0. The lowest BCUT2D eigenvalue weighted by atomic mass is 9.68. The second-order valence-electron chi connectivity index (χ2n) is 7.79. The standard InChI is InChI=1S/C20H23NO2/c1-11(2)13-7-8-20(4)16(13)15-9-12(3)5-6-14(15)17-18(19(20)22)23-10-21-17/h5-6,9-11,13,16H,7-8H2,1-4H3/t13-,16-,20-/m1/s1. The molecule has 0 radical (unpaired) electrons. The van der Waals surface area contributed by atoms with E-state index in [9.17, 15) is 4.79 Å². The van der Waals surface area contributed by atoms with Gasteiger partial charge >= 0.3 is 0 Å². The van der Waals surface area contributed by atoms with Crippen molar-refractivity contribution in [3.63, 3.8) is 0 Å². The number of rotatable bonds is 1. The molecule has 1 aromatic heterocycles. The molecule has 0 amide bonds. The number of hydrogen-bond donors (Lipinski definition) is 0. The minimum absolute atomic E-state index is 0.131. The van der Waals surface area contributed by atoms with Crippen molar-refractivity contribution in [2.24, 2.45) is 17.3 Å². The maximum atomic E-state index is 13.3. The monoisotopic (exact) mass is 309 g/mol. The molecule has 0 bridgehead atoms. The molecule has 3 atom stereocenters. The highest BCUT2D eigenvalue weighted by Crippen LogP contribution is 2.59. The molecule has 0 N–H and O–H groups in total. The highest BCUT2D eigenvalue weighted by molar-refractivity contribution is 6.05. The Labute approximate surface area is 137 Å². The van der Waals surface area contributed by atoms with Crippen LogP contribution in [0.15, 0.2) is 29.0 Å². The number of nitrogens with zero attached hydrogens (tertiary/aromatic N) is 1. The lowest BCUT2D eigenvalue weighted by Gasteiger charge is -2.33. The van der Waals surface area contributed by atoms with Gasteiger partial charge in [-0.15, -0.1) is 0 Å². The first-order valence-corrected chi connectivity index (χ1v) is 8.52. The Bertz CT molecular complexity index is 789. The highest BCUT2D eigenvalue weighted by atomic mass is 16.3. The average molecular weight is 309 g/mol. The zero-order valence-electron chi connectivity index (χ0n) is 14.2. The number of ketones is 1. The van der Waals surface area contributed by atoms with Crippen molar-refractivity contribution >= 4 is 5.78 Å². The molecule has 0 aliphatic heterocycles. The Kier molecular flexibility index (Phi) is 3.06. The highest BCUT2D eigenvalue weighted by Gasteiger charge is 2.55. The topological polar surface area (TPSA) is 43.1 Å². The fraction of sp³-hybridized carbons (Fsp3) is 0.500. The van der Waals surface area contributed by atoms with E-state index in [0.717, 1.165) is 24.1 Å². The van der Waals surface area contributed by atoms with E-state index in [1.165, 1.54) is 17.5 Å². The van der Waals surface area contributed by atoms with Gasteiger partial charge in [0.25, 0.3) is 0 Å². The van der Waals surface area contributed by atoms with Crippen molar-refractivity contribution in [2.75, 3.05) is 0 Å². The van der Waals surface area contributed by atoms with Crippen LogP contribution in [0.3, 0.4) is 0 Å². The number of Topliss-reactive ketones (excluding diaryl/α,β-unsaturated/α-hetero) is 1. The molecule has 2 aliphatic carbocycles. The molecule has 1 saturated carbocycles. The maximum absolute atomic E-state index is 13.3. The molecular formula is C20H23NO2. The van der Waals surface area contributed by atoms with E-state index in [4.69, 9.17) is 4.42 Å². The van der Waals surface area contributed by atoms with Gasteiger partial charge in [0.1, 0.15) is 5.69 Å². The third-order valence-electron chi connectivity index (χ3n) is 6.06. The number of hydrogen-bond acceptors (Lipinski definition) is 3. The lowest BCUT2D eigenvalue weighted by molar-refractivity contribution is 0.0755. The molecular weight excluding hydrogens is 286 g/mol.